The lowest BCUT2D eigenvalue weighted by molar-refractivity contribution is -0.115. The molecule has 1 aromatic heterocycles. The molecule has 0 atom stereocenters. The van der Waals surface area contributed by atoms with E-state index in [0.717, 1.165) is 0 Å². The van der Waals surface area contributed by atoms with Gasteiger partial charge in [0.25, 0.3) is 0 Å². The molecule has 1 heterocycles. The van der Waals surface area contributed by atoms with Gasteiger partial charge in [-0.25, -0.2) is 13.4 Å². The molecule has 2 rings (SSSR count). The lowest BCUT2D eigenvalue weighted by atomic mass is 10.3. The van der Waals surface area contributed by atoms with Crippen LogP contribution in [0, 0.1) is 0 Å². The molecule has 0 aliphatic heterocycles. The summed E-state index contributed by atoms with van der Waals surface area (Å²) < 4.78 is 29.3. The van der Waals surface area contributed by atoms with Crippen LogP contribution in [-0.2, 0) is 20.4 Å². The Morgan fingerprint density at radius 2 is 1.91 bits per heavy atom. The molecule has 0 spiro atoms. The highest BCUT2D eigenvalue weighted by atomic mass is 32.2. The van der Waals surface area contributed by atoms with Gasteiger partial charge in [0.15, 0.2) is 9.84 Å². The van der Waals surface area contributed by atoms with Gasteiger partial charge in [0.1, 0.15) is 17.3 Å². The summed E-state index contributed by atoms with van der Waals surface area (Å²) in [7, 11) is -0.717. The molecule has 7 nitrogen and oxygen atoms in total. The molecule has 0 unspecified atom stereocenters. The zero-order chi connectivity index (χ0) is 16.9. The fourth-order valence-electron chi connectivity index (χ4n) is 1.89. The summed E-state index contributed by atoms with van der Waals surface area (Å²) in [5, 5.41) is 0. The minimum atomic E-state index is -3.68. The zero-order valence-electron chi connectivity index (χ0n) is 12.8. The van der Waals surface area contributed by atoms with Crippen LogP contribution in [0.15, 0.2) is 42.6 Å². The number of amides is 1. The van der Waals surface area contributed by atoms with Crippen molar-refractivity contribution in [1.82, 2.24) is 9.97 Å². The number of hydrogen-bond donors (Lipinski definition) is 0. The minimum Gasteiger partial charge on any atom is -0.481 e. The third-order valence-corrected chi connectivity index (χ3v) is 4.48. The van der Waals surface area contributed by atoms with Gasteiger partial charge in [0.05, 0.1) is 7.11 Å². The number of rotatable bonds is 6. The van der Waals surface area contributed by atoms with E-state index in [2.05, 4.69) is 9.97 Å². The van der Waals surface area contributed by atoms with Crippen LogP contribution in [0.1, 0.15) is 5.82 Å². The molecule has 0 saturated heterocycles. The Kier molecular flexibility index (Phi) is 5.28. The van der Waals surface area contributed by atoms with Crippen molar-refractivity contribution >= 4 is 21.4 Å². The third kappa shape index (κ3) is 4.75. The number of para-hydroxylation sites is 1. The Morgan fingerprint density at radius 3 is 2.57 bits per heavy atom. The van der Waals surface area contributed by atoms with Gasteiger partial charge < -0.3 is 9.64 Å². The summed E-state index contributed by atoms with van der Waals surface area (Å²) in [6.07, 6.45) is 1.41. The van der Waals surface area contributed by atoms with Crippen molar-refractivity contribution in [1.29, 1.82) is 0 Å². The molecule has 0 N–H and O–H groups in total. The van der Waals surface area contributed by atoms with E-state index >= 15 is 0 Å². The smallest absolute Gasteiger partial charge is 0.241 e. The predicted octanol–water partition coefficient (Wildman–Crippen LogP) is 1.06. The van der Waals surface area contributed by atoms with E-state index in [9.17, 15) is 13.2 Å². The summed E-state index contributed by atoms with van der Waals surface area (Å²) in [6, 6.07) is 10.4. The largest absolute Gasteiger partial charge is 0.481 e. The average molecular weight is 335 g/mol. The molecule has 122 valence electrons. The second kappa shape index (κ2) is 7.19. The summed E-state index contributed by atoms with van der Waals surface area (Å²) in [6.45, 7) is 0. The number of sulfone groups is 1. The second-order valence-electron chi connectivity index (χ2n) is 4.84. The van der Waals surface area contributed by atoms with Gasteiger partial charge in [-0.05, 0) is 12.1 Å². The van der Waals surface area contributed by atoms with Crippen LogP contribution in [0.5, 0.6) is 5.88 Å². The molecule has 0 bridgehead atoms. The van der Waals surface area contributed by atoms with E-state index in [-0.39, 0.29) is 11.7 Å². The number of carbonyl (C=O) groups is 1. The van der Waals surface area contributed by atoms with Gasteiger partial charge in [-0.2, -0.15) is 4.98 Å². The lowest BCUT2D eigenvalue weighted by Crippen LogP contribution is -2.33. The molecule has 0 radical (unpaired) electrons. The van der Waals surface area contributed by atoms with Gasteiger partial charge in [0.2, 0.25) is 11.8 Å². The van der Waals surface area contributed by atoms with Crippen LogP contribution >= 0.6 is 0 Å². The predicted molar refractivity (Wildman–Crippen MR) is 85.9 cm³/mol. The Labute approximate surface area is 134 Å². The number of nitrogens with zero attached hydrogens (tertiary/aromatic N) is 3. The first-order valence-corrected chi connectivity index (χ1v) is 8.61. The maximum atomic E-state index is 12.2. The Balaban J connectivity index is 2.07. The molecular weight excluding hydrogens is 318 g/mol. The third-order valence-electron chi connectivity index (χ3n) is 3.10. The lowest BCUT2D eigenvalue weighted by Gasteiger charge is -2.17. The topological polar surface area (TPSA) is 89.5 Å². The van der Waals surface area contributed by atoms with E-state index in [1.54, 1.807) is 24.3 Å². The normalized spacial score (nSPS) is 11.0. The highest BCUT2D eigenvalue weighted by molar-refractivity contribution is 7.91. The van der Waals surface area contributed by atoms with Crippen molar-refractivity contribution in [3.05, 3.63) is 48.4 Å². The van der Waals surface area contributed by atoms with E-state index in [4.69, 9.17) is 4.74 Å². The van der Waals surface area contributed by atoms with Gasteiger partial charge in [-0.15, -0.1) is 0 Å². The van der Waals surface area contributed by atoms with Crippen LogP contribution in [0.4, 0.5) is 5.69 Å². The van der Waals surface area contributed by atoms with E-state index in [0.29, 0.717) is 5.69 Å². The summed E-state index contributed by atoms with van der Waals surface area (Å²) in [4.78, 5) is 21.3. The van der Waals surface area contributed by atoms with Crippen molar-refractivity contribution in [3.8, 4) is 5.88 Å². The summed E-state index contributed by atoms with van der Waals surface area (Å²) >= 11 is 0. The molecule has 0 aliphatic carbocycles. The van der Waals surface area contributed by atoms with Crippen molar-refractivity contribution in [3.63, 3.8) is 0 Å². The maximum absolute atomic E-state index is 12.2. The van der Waals surface area contributed by atoms with Crippen LogP contribution < -0.4 is 9.64 Å². The molecule has 0 saturated carbocycles. The van der Waals surface area contributed by atoms with E-state index < -0.39 is 27.3 Å². The number of carbonyl (C=O) groups excluding carboxylic acids is 1. The van der Waals surface area contributed by atoms with Crippen LogP contribution in [0.2, 0.25) is 0 Å². The van der Waals surface area contributed by atoms with Crippen molar-refractivity contribution < 1.29 is 17.9 Å². The van der Waals surface area contributed by atoms with Crippen LogP contribution in [0.3, 0.4) is 0 Å². The molecule has 23 heavy (non-hydrogen) atoms. The molecule has 1 aromatic carbocycles. The number of aromatic nitrogens is 2. The first-order valence-electron chi connectivity index (χ1n) is 6.79. The van der Waals surface area contributed by atoms with Gasteiger partial charge in [-0.3, -0.25) is 4.79 Å². The minimum absolute atomic E-state index is 0.0968. The number of methoxy groups -OCH3 is 1. The molecule has 0 fully saturated rings. The van der Waals surface area contributed by atoms with Crippen molar-refractivity contribution in [2.45, 2.75) is 5.75 Å². The Morgan fingerprint density at radius 1 is 1.22 bits per heavy atom. The highest BCUT2D eigenvalue weighted by Gasteiger charge is 2.22. The van der Waals surface area contributed by atoms with Crippen molar-refractivity contribution in [2.24, 2.45) is 0 Å². The maximum Gasteiger partial charge on any atom is 0.241 e. The number of hydrogen-bond acceptors (Lipinski definition) is 6. The SMILES string of the molecule is COc1ccnc(CS(=O)(=O)CC(=O)N(C)c2ccccc2)n1. The first kappa shape index (κ1) is 16.9. The monoisotopic (exact) mass is 335 g/mol. The molecule has 2 aromatic rings. The average Bonchev–Trinajstić information content (AvgIpc) is 2.54. The van der Waals surface area contributed by atoms with E-state index in [1.807, 2.05) is 6.07 Å². The number of benzene rings is 1. The first-order chi connectivity index (χ1) is 10.9. The van der Waals surface area contributed by atoms with Crippen LogP contribution in [-0.4, -0.2) is 44.2 Å². The quantitative estimate of drug-likeness (QED) is 0.784. The fourth-order valence-corrected chi connectivity index (χ4v) is 3.10. The molecule has 1 amide bonds. The molecule has 0 aliphatic rings. The Hall–Kier alpha value is -2.48. The van der Waals surface area contributed by atoms with Crippen LogP contribution in [0.25, 0.3) is 0 Å². The van der Waals surface area contributed by atoms with Gasteiger partial charge >= 0.3 is 0 Å². The van der Waals surface area contributed by atoms with E-state index in [1.165, 1.54) is 31.3 Å². The Bertz CT molecular complexity index is 778. The van der Waals surface area contributed by atoms with Gasteiger partial charge in [0, 0.05) is 25.0 Å². The standard InChI is InChI=1S/C15H17N3O4S/c1-18(12-6-4-3-5-7-12)15(19)11-23(20,21)10-13-16-9-8-14(17-13)22-2/h3-9H,10-11H2,1-2H3. The molecular formula is C15H17N3O4S. The zero-order valence-corrected chi connectivity index (χ0v) is 13.7. The summed E-state index contributed by atoms with van der Waals surface area (Å²) in [5.41, 5.74) is 0.630. The summed E-state index contributed by atoms with van der Waals surface area (Å²) in [5.74, 6) is -1.17. The number of ether oxygens (including phenoxy) is 1. The highest BCUT2D eigenvalue weighted by Crippen LogP contribution is 2.13. The molecule has 8 heteroatoms. The fraction of sp³-hybridized carbons (Fsp3) is 0.267. The van der Waals surface area contributed by atoms with Crippen molar-refractivity contribution in [2.75, 3.05) is 24.8 Å². The second-order valence-corrected chi connectivity index (χ2v) is 6.90. The number of anilines is 1. The van der Waals surface area contributed by atoms with Gasteiger partial charge in [-0.1, -0.05) is 18.2 Å².